The van der Waals surface area contributed by atoms with Crippen LogP contribution in [-0.4, -0.2) is 81.1 Å². The van der Waals surface area contributed by atoms with E-state index in [-0.39, 0.29) is 23.6 Å². The number of carboxylic acid groups (broad SMARTS) is 1. The van der Waals surface area contributed by atoms with Crippen LogP contribution in [0, 0.1) is 5.92 Å². The van der Waals surface area contributed by atoms with E-state index in [2.05, 4.69) is 15.5 Å². The van der Waals surface area contributed by atoms with Gasteiger partial charge in [0.25, 0.3) is 0 Å². The number of nitrogens with zero attached hydrogens (tertiary/aromatic N) is 2. The van der Waals surface area contributed by atoms with Crippen molar-refractivity contribution >= 4 is 29.7 Å². The van der Waals surface area contributed by atoms with Crippen molar-refractivity contribution in [1.29, 1.82) is 0 Å². The van der Waals surface area contributed by atoms with Crippen LogP contribution in [0.4, 0.5) is 4.79 Å². The first-order valence-corrected chi connectivity index (χ1v) is 14.3. The van der Waals surface area contributed by atoms with E-state index in [9.17, 15) is 19.5 Å². The smallest absolute Gasteiger partial charge is 0.408 e. The summed E-state index contributed by atoms with van der Waals surface area (Å²) in [5.74, 6) is -0.990. The third-order valence-electron chi connectivity index (χ3n) is 8.06. The third kappa shape index (κ3) is 5.79. The number of thioether (sulfide) groups is 1. The molecule has 2 amide bonds. The molecule has 3 heterocycles. The summed E-state index contributed by atoms with van der Waals surface area (Å²) < 4.78 is 5.55. The highest BCUT2D eigenvalue weighted by Crippen LogP contribution is 2.43. The molecule has 1 saturated carbocycles. The lowest BCUT2D eigenvalue weighted by molar-refractivity contribution is -0.143. The van der Waals surface area contributed by atoms with E-state index in [0.29, 0.717) is 25.6 Å². The minimum atomic E-state index is -0.989. The normalized spacial score (nSPS) is 30.2. The second-order valence-corrected chi connectivity index (χ2v) is 12.8. The van der Waals surface area contributed by atoms with Crippen LogP contribution in [0.2, 0.25) is 0 Å². The number of hydrogen-bond acceptors (Lipinski definition) is 7. The van der Waals surface area contributed by atoms with Gasteiger partial charge in [0.2, 0.25) is 5.91 Å². The number of amides is 2. The highest BCUT2D eigenvalue weighted by atomic mass is 32.2. The molecule has 2 saturated heterocycles. The average molecular weight is 523 g/mol. The quantitative estimate of drug-likeness (QED) is 0.486. The van der Waals surface area contributed by atoms with Gasteiger partial charge in [-0.3, -0.25) is 9.69 Å². The molecular formula is C26H42N4O5S. The van der Waals surface area contributed by atoms with Crippen LogP contribution >= 0.6 is 11.8 Å². The van der Waals surface area contributed by atoms with Crippen LogP contribution in [0.1, 0.15) is 79.1 Å². The predicted molar refractivity (Wildman–Crippen MR) is 139 cm³/mol. The summed E-state index contributed by atoms with van der Waals surface area (Å²) in [4.78, 5) is 42.8. The Hall–Kier alpha value is -1.94. The van der Waals surface area contributed by atoms with Crippen LogP contribution in [0.15, 0.2) is 11.1 Å². The summed E-state index contributed by atoms with van der Waals surface area (Å²) in [6.45, 7) is 9.77. The number of nitrogens with one attached hydrogen (secondary N) is 2. The Morgan fingerprint density at radius 1 is 1.19 bits per heavy atom. The molecule has 36 heavy (non-hydrogen) atoms. The number of fused-ring (bicyclic) bond motifs is 1. The topological polar surface area (TPSA) is 111 Å². The van der Waals surface area contributed by atoms with Gasteiger partial charge < -0.3 is 25.4 Å². The molecule has 4 aliphatic rings. The molecule has 202 valence electrons. The predicted octanol–water partition coefficient (Wildman–Crippen LogP) is 3.50. The van der Waals surface area contributed by atoms with Gasteiger partial charge in [0.1, 0.15) is 22.2 Å². The van der Waals surface area contributed by atoms with Crippen LogP contribution < -0.4 is 10.6 Å². The van der Waals surface area contributed by atoms with E-state index >= 15 is 0 Å². The van der Waals surface area contributed by atoms with Crippen molar-refractivity contribution in [3.05, 3.63) is 11.1 Å². The zero-order chi connectivity index (χ0) is 26.1. The fourth-order valence-electron chi connectivity index (χ4n) is 6.25. The highest BCUT2D eigenvalue weighted by Gasteiger charge is 2.52. The number of ether oxygens (including phenoxy) is 1. The van der Waals surface area contributed by atoms with E-state index in [4.69, 9.17) is 4.74 Å². The Bertz CT molecular complexity index is 884. The molecule has 0 aromatic heterocycles. The molecular weight excluding hydrogens is 480 g/mol. The van der Waals surface area contributed by atoms with Gasteiger partial charge in [-0.1, -0.05) is 26.2 Å². The van der Waals surface area contributed by atoms with Gasteiger partial charge >= 0.3 is 12.1 Å². The molecule has 0 aromatic carbocycles. The number of carboxylic acids is 1. The zero-order valence-corrected chi connectivity index (χ0v) is 22.9. The monoisotopic (exact) mass is 522 g/mol. The van der Waals surface area contributed by atoms with Gasteiger partial charge in [-0.25, -0.2) is 9.59 Å². The SMILES string of the molecule is CCC1([C@@H]2CN3CCC[C@@H]3CN2C(=O)[C@@H](NC(=O)OC(C)(C)C)C2CCCCC2)NC(C(=O)O)=CS1. The van der Waals surface area contributed by atoms with Crippen LogP contribution in [-0.2, 0) is 14.3 Å². The van der Waals surface area contributed by atoms with E-state index < -0.39 is 28.6 Å². The number of rotatable bonds is 6. The minimum Gasteiger partial charge on any atom is -0.477 e. The summed E-state index contributed by atoms with van der Waals surface area (Å²) in [7, 11) is 0. The zero-order valence-electron chi connectivity index (χ0n) is 22.0. The highest BCUT2D eigenvalue weighted by molar-refractivity contribution is 8.03. The summed E-state index contributed by atoms with van der Waals surface area (Å²) in [6.07, 6.45) is 7.28. The first-order chi connectivity index (χ1) is 17.0. The Morgan fingerprint density at radius 3 is 2.53 bits per heavy atom. The molecule has 0 radical (unpaired) electrons. The third-order valence-corrected chi connectivity index (χ3v) is 9.50. The van der Waals surface area contributed by atoms with Crippen molar-refractivity contribution in [2.75, 3.05) is 19.6 Å². The van der Waals surface area contributed by atoms with Crippen molar-refractivity contribution in [3.63, 3.8) is 0 Å². The van der Waals surface area contributed by atoms with Crippen molar-refractivity contribution in [2.24, 2.45) is 5.92 Å². The standard InChI is InChI=1S/C26H42N4O5S/c1-5-26(28-19(16-36-26)23(32)33)20-15-29-13-9-12-18(29)14-30(20)22(31)21(17-10-7-6-8-11-17)27-24(34)35-25(2,3)4/h16-18,20-21,28H,5-15H2,1-4H3,(H,27,34)(H,32,33)/t18-,20+,21+,26?/m1/s1. The van der Waals surface area contributed by atoms with Crippen molar-refractivity contribution in [2.45, 2.75) is 108 Å². The maximum atomic E-state index is 14.4. The van der Waals surface area contributed by atoms with E-state index in [1.807, 2.05) is 32.6 Å². The van der Waals surface area contributed by atoms with Crippen molar-refractivity contribution in [1.82, 2.24) is 20.4 Å². The molecule has 4 atom stereocenters. The summed E-state index contributed by atoms with van der Waals surface area (Å²) in [6, 6.07) is -0.581. The van der Waals surface area contributed by atoms with Gasteiger partial charge in [-0.05, 0) is 65.3 Å². The Labute approximate surface area is 218 Å². The lowest BCUT2D eigenvalue weighted by Crippen LogP contribution is -2.70. The summed E-state index contributed by atoms with van der Waals surface area (Å²) in [5.41, 5.74) is -0.480. The molecule has 1 unspecified atom stereocenters. The van der Waals surface area contributed by atoms with Gasteiger partial charge in [-0.2, -0.15) is 0 Å². The number of alkyl carbamates (subject to hydrolysis) is 1. The van der Waals surface area contributed by atoms with Crippen LogP contribution in [0.25, 0.3) is 0 Å². The Morgan fingerprint density at radius 2 is 1.92 bits per heavy atom. The molecule has 0 spiro atoms. The maximum Gasteiger partial charge on any atom is 0.408 e. The number of carbonyl (C=O) groups excluding carboxylic acids is 2. The van der Waals surface area contributed by atoms with Crippen molar-refractivity contribution in [3.8, 4) is 0 Å². The lowest BCUT2D eigenvalue weighted by Gasteiger charge is -2.51. The number of aliphatic carboxylic acids is 1. The van der Waals surface area contributed by atoms with Gasteiger partial charge in [0.15, 0.2) is 0 Å². The maximum absolute atomic E-state index is 14.4. The molecule has 4 rings (SSSR count). The molecule has 0 bridgehead atoms. The molecule has 3 aliphatic heterocycles. The Balaban J connectivity index is 1.63. The number of piperazine rings is 1. The van der Waals surface area contributed by atoms with Crippen LogP contribution in [0.5, 0.6) is 0 Å². The van der Waals surface area contributed by atoms with Gasteiger partial charge in [0.05, 0.1) is 6.04 Å². The largest absolute Gasteiger partial charge is 0.477 e. The molecule has 3 N–H and O–H groups in total. The summed E-state index contributed by atoms with van der Waals surface area (Å²) in [5, 5.41) is 17.5. The fourth-order valence-corrected chi connectivity index (χ4v) is 7.43. The second-order valence-electron chi connectivity index (χ2n) is 11.6. The molecule has 9 nitrogen and oxygen atoms in total. The second kappa shape index (κ2) is 10.8. The number of hydrogen-bond donors (Lipinski definition) is 3. The van der Waals surface area contributed by atoms with Crippen molar-refractivity contribution < 1.29 is 24.2 Å². The van der Waals surface area contributed by atoms with E-state index in [1.165, 1.54) is 11.8 Å². The van der Waals surface area contributed by atoms with Gasteiger partial charge in [-0.15, -0.1) is 11.8 Å². The molecule has 0 aromatic rings. The molecule has 3 fully saturated rings. The molecule has 10 heteroatoms. The lowest BCUT2D eigenvalue weighted by atomic mass is 9.82. The Kier molecular flexibility index (Phi) is 8.14. The van der Waals surface area contributed by atoms with Gasteiger partial charge in [0, 0.05) is 24.5 Å². The van der Waals surface area contributed by atoms with E-state index in [0.717, 1.165) is 51.5 Å². The first-order valence-electron chi connectivity index (χ1n) is 13.5. The number of carbonyl (C=O) groups is 3. The summed E-state index contributed by atoms with van der Waals surface area (Å²) >= 11 is 1.47. The fraction of sp³-hybridized carbons (Fsp3) is 0.808. The first kappa shape index (κ1) is 27.1. The molecule has 1 aliphatic carbocycles. The minimum absolute atomic E-state index is 0.0653. The average Bonchev–Trinajstić information content (AvgIpc) is 3.48. The van der Waals surface area contributed by atoms with E-state index in [1.54, 1.807) is 5.41 Å². The van der Waals surface area contributed by atoms with Crippen LogP contribution in [0.3, 0.4) is 0 Å².